The van der Waals surface area contributed by atoms with Gasteiger partial charge in [0.15, 0.2) is 0 Å². The average Bonchev–Trinajstić information content (AvgIpc) is 2.74. The molecular formula is C12H15N3O. The molecule has 3 N–H and O–H groups in total. The lowest BCUT2D eigenvalue weighted by molar-refractivity contribution is 0.502. The number of pyridine rings is 1. The second-order valence-electron chi connectivity index (χ2n) is 3.71. The van der Waals surface area contributed by atoms with Crippen LogP contribution in [0, 0.1) is 6.92 Å². The highest BCUT2D eigenvalue weighted by molar-refractivity contribution is 5.23. The second kappa shape index (κ2) is 4.92. The average molecular weight is 217 g/mol. The van der Waals surface area contributed by atoms with Crippen molar-refractivity contribution >= 4 is 0 Å². The molecule has 0 saturated heterocycles. The van der Waals surface area contributed by atoms with E-state index in [0.717, 1.165) is 17.7 Å². The van der Waals surface area contributed by atoms with Gasteiger partial charge in [-0.3, -0.25) is 16.3 Å². The third-order valence-electron chi connectivity index (χ3n) is 2.66. The molecule has 0 aliphatic rings. The molecule has 0 aliphatic carbocycles. The molecule has 4 nitrogen and oxygen atoms in total. The van der Waals surface area contributed by atoms with Crippen LogP contribution in [-0.2, 0) is 6.42 Å². The van der Waals surface area contributed by atoms with Gasteiger partial charge in [0.25, 0.3) is 0 Å². The lowest BCUT2D eigenvalue weighted by atomic mass is 10.0. The first-order valence-corrected chi connectivity index (χ1v) is 5.20. The number of hydrogen-bond acceptors (Lipinski definition) is 4. The van der Waals surface area contributed by atoms with Crippen LogP contribution in [0.5, 0.6) is 0 Å². The molecule has 0 aliphatic heterocycles. The smallest absolute Gasteiger partial charge is 0.105 e. The van der Waals surface area contributed by atoms with Gasteiger partial charge in [0.2, 0.25) is 0 Å². The van der Waals surface area contributed by atoms with Crippen LogP contribution in [0.3, 0.4) is 0 Å². The zero-order valence-corrected chi connectivity index (χ0v) is 9.18. The molecule has 0 fully saturated rings. The van der Waals surface area contributed by atoms with Gasteiger partial charge >= 0.3 is 0 Å². The molecule has 0 bridgehead atoms. The molecule has 0 radical (unpaired) electrons. The van der Waals surface area contributed by atoms with Crippen molar-refractivity contribution in [2.45, 2.75) is 19.4 Å². The molecule has 2 rings (SSSR count). The Labute approximate surface area is 94.5 Å². The summed E-state index contributed by atoms with van der Waals surface area (Å²) in [4.78, 5) is 3.99. The first kappa shape index (κ1) is 10.9. The van der Waals surface area contributed by atoms with Gasteiger partial charge in [-0.05, 0) is 37.1 Å². The predicted octanol–water partition coefficient (Wildman–Crippen LogP) is 1.73. The van der Waals surface area contributed by atoms with Crippen LogP contribution in [0.25, 0.3) is 0 Å². The lowest BCUT2D eigenvalue weighted by Gasteiger charge is -2.15. The Bertz CT molecular complexity index is 439. The van der Waals surface area contributed by atoms with Gasteiger partial charge in [-0.25, -0.2) is 0 Å². The SMILES string of the molecule is Cc1occc1C(Cc1ccncc1)NN. The number of nitrogens with two attached hydrogens (primary N) is 1. The minimum absolute atomic E-state index is 0.0705. The van der Waals surface area contributed by atoms with Gasteiger partial charge in [-0.15, -0.1) is 0 Å². The standard InChI is InChI=1S/C12H15N3O/c1-9-11(4-7-16-9)12(15-13)8-10-2-5-14-6-3-10/h2-7,12,15H,8,13H2,1H3. The normalized spacial score (nSPS) is 12.6. The zero-order chi connectivity index (χ0) is 11.4. The minimum Gasteiger partial charge on any atom is -0.469 e. The Kier molecular flexibility index (Phi) is 3.34. The summed E-state index contributed by atoms with van der Waals surface area (Å²) in [7, 11) is 0. The minimum atomic E-state index is 0.0705. The number of nitrogens with one attached hydrogen (secondary N) is 1. The molecule has 16 heavy (non-hydrogen) atoms. The van der Waals surface area contributed by atoms with Crippen LogP contribution >= 0.6 is 0 Å². The zero-order valence-electron chi connectivity index (χ0n) is 9.18. The molecule has 2 aromatic rings. The highest BCUT2D eigenvalue weighted by atomic mass is 16.3. The maximum atomic E-state index is 5.57. The topological polar surface area (TPSA) is 64.1 Å². The molecule has 0 saturated carbocycles. The molecule has 2 heterocycles. The molecule has 4 heteroatoms. The molecule has 1 unspecified atom stereocenters. The number of rotatable bonds is 4. The Balaban J connectivity index is 2.16. The van der Waals surface area contributed by atoms with Crippen molar-refractivity contribution in [3.05, 3.63) is 53.7 Å². The molecule has 0 spiro atoms. The maximum Gasteiger partial charge on any atom is 0.105 e. The third-order valence-corrected chi connectivity index (χ3v) is 2.66. The van der Waals surface area contributed by atoms with Crippen molar-refractivity contribution in [2.75, 3.05) is 0 Å². The molecule has 1 atom stereocenters. The summed E-state index contributed by atoms with van der Waals surface area (Å²) < 4.78 is 5.28. The summed E-state index contributed by atoms with van der Waals surface area (Å²) >= 11 is 0. The summed E-state index contributed by atoms with van der Waals surface area (Å²) in [6, 6.07) is 5.99. The molecule has 0 aromatic carbocycles. The van der Waals surface area contributed by atoms with E-state index in [1.54, 1.807) is 18.7 Å². The Morgan fingerprint density at radius 2 is 2.12 bits per heavy atom. The van der Waals surface area contributed by atoms with Gasteiger partial charge in [0.1, 0.15) is 5.76 Å². The van der Waals surface area contributed by atoms with Gasteiger partial charge in [0.05, 0.1) is 12.3 Å². The Hall–Kier alpha value is -1.65. The van der Waals surface area contributed by atoms with E-state index >= 15 is 0 Å². The summed E-state index contributed by atoms with van der Waals surface area (Å²) in [5, 5.41) is 0. The fourth-order valence-electron chi connectivity index (χ4n) is 1.77. The van der Waals surface area contributed by atoms with Crippen molar-refractivity contribution in [1.29, 1.82) is 0 Å². The number of nitrogens with zero attached hydrogens (tertiary/aromatic N) is 1. The van der Waals surface area contributed by atoms with Gasteiger partial charge in [-0.2, -0.15) is 0 Å². The van der Waals surface area contributed by atoms with Gasteiger partial charge in [0, 0.05) is 18.0 Å². The summed E-state index contributed by atoms with van der Waals surface area (Å²) in [5.41, 5.74) is 5.10. The van der Waals surface area contributed by atoms with Crippen LogP contribution in [-0.4, -0.2) is 4.98 Å². The number of hydrazine groups is 1. The van der Waals surface area contributed by atoms with Crippen molar-refractivity contribution in [3.63, 3.8) is 0 Å². The van der Waals surface area contributed by atoms with Crippen molar-refractivity contribution in [2.24, 2.45) is 5.84 Å². The van der Waals surface area contributed by atoms with Crippen molar-refractivity contribution in [3.8, 4) is 0 Å². The summed E-state index contributed by atoms with van der Waals surface area (Å²) in [6.45, 7) is 1.94. The van der Waals surface area contributed by atoms with E-state index in [1.165, 1.54) is 5.56 Å². The Morgan fingerprint density at radius 3 is 2.69 bits per heavy atom. The largest absolute Gasteiger partial charge is 0.469 e. The predicted molar refractivity (Wildman–Crippen MR) is 61.5 cm³/mol. The number of furan rings is 1. The summed E-state index contributed by atoms with van der Waals surface area (Å²) in [6.07, 6.45) is 6.07. The monoisotopic (exact) mass is 217 g/mol. The van der Waals surface area contributed by atoms with Gasteiger partial charge in [-0.1, -0.05) is 0 Å². The van der Waals surface area contributed by atoms with E-state index in [4.69, 9.17) is 10.3 Å². The molecule has 2 aromatic heterocycles. The summed E-state index contributed by atoms with van der Waals surface area (Å²) in [5.74, 6) is 6.47. The van der Waals surface area contributed by atoms with Crippen LogP contribution < -0.4 is 11.3 Å². The first-order valence-electron chi connectivity index (χ1n) is 5.20. The van der Waals surface area contributed by atoms with E-state index in [9.17, 15) is 0 Å². The van der Waals surface area contributed by atoms with Crippen molar-refractivity contribution < 1.29 is 4.42 Å². The quantitative estimate of drug-likeness (QED) is 0.604. The maximum absolute atomic E-state index is 5.57. The Morgan fingerprint density at radius 1 is 1.38 bits per heavy atom. The molecular weight excluding hydrogens is 202 g/mol. The second-order valence-corrected chi connectivity index (χ2v) is 3.71. The van der Waals surface area contributed by atoms with E-state index < -0.39 is 0 Å². The highest BCUT2D eigenvalue weighted by Gasteiger charge is 2.14. The molecule has 0 amide bonds. The molecule has 84 valence electrons. The van der Waals surface area contributed by atoms with Crippen LogP contribution in [0.2, 0.25) is 0 Å². The van der Waals surface area contributed by atoms with Gasteiger partial charge < -0.3 is 4.42 Å². The number of hydrogen-bond donors (Lipinski definition) is 2. The fraction of sp³-hybridized carbons (Fsp3) is 0.250. The highest BCUT2D eigenvalue weighted by Crippen LogP contribution is 2.21. The number of aryl methyl sites for hydroxylation is 1. The van der Waals surface area contributed by atoms with E-state index in [-0.39, 0.29) is 6.04 Å². The van der Waals surface area contributed by atoms with E-state index in [1.807, 2.05) is 25.1 Å². The van der Waals surface area contributed by atoms with Crippen LogP contribution in [0.1, 0.15) is 22.9 Å². The van der Waals surface area contributed by atoms with Crippen LogP contribution in [0.4, 0.5) is 0 Å². The van der Waals surface area contributed by atoms with E-state index in [0.29, 0.717) is 0 Å². The lowest BCUT2D eigenvalue weighted by Crippen LogP contribution is -2.29. The van der Waals surface area contributed by atoms with Crippen molar-refractivity contribution in [1.82, 2.24) is 10.4 Å². The first-order chi connectivity index (χ1) is 7.81. The number of aromatic nitrogens is 1. The van der Waals surface area contributed by atoms with Crippen LogP contribution in [0.15, 0.2) is 41.3 Å². The van der Waals surface area contributed by atoms with E-state index in [2.05, 4.69) is 10.4 Å². The fourth-order valence-corrected chi connectivity index (χ4v) is 1.77. The third kappa shape index (κ3) is 2.29.